The van der Waals surface area contributed by atoms with E-state index < -0.39 is 11.9 Å². The van der Waals surface area contributed by atoms with Crippen LogP contribution >= 0.6 is 0 Å². The maximum Gasteiger partial charge on any atom is 0.337 e. The van der Waals surface area contributed by atoms with E-state index in [1.54, 1.807) is 18.2 Å². The lowest BCUT2D eigenvalue weighted by Crippen LogP contribution is -2.37. The van der Waals surface area contributed by atoms with Gasteiger partial charge in [0, 0.05) is 23.3 Å². The van der Waals surface area contributed by atoms with Gasteiger partial charge in [-0.05, 0) is 44.0 Å². The highest BCUT2D eigenvalue weighted by atomic mass is 19.1. The Bertz CT molecular complexity index is 955. The summed E-state index contributed by atoms with van der Waals surface area (Å²) in [6.07, 6.45) is 1.88. The molecule has 0 heterocycles. The number of carbonyl (C=O) groups excluding carboxylic acids is 3. The quantitative estimate of drug-likeness (QED) is 0.647. The van der Waals surface area contributed by atoms with Crippen molar-refractivity contribution in [2.24, 2.45) is 0 Å². The van der Waals surface area contributed by atoms with E-state index in [4.69, 9.17) is 9.47 Å². The predicted molar refractivity (Wildman–Crippen MR) is 112 cm³/mol. The lowest BCUT2D eigenvalue weighted by Gasteiger charge is -2.29. The fourth-order valence-corrected chi connectivity index (χ4v) is 3.52. The van der Waals surface area contributed by atoms with E-state index >= 15 is 0 Å². The van der Waals surface area contributed by atoms with Gasteiger partial charge in [0.05, 0.1) is 31.9 Å². The van der Waals surface area contributed by atoms with E-state index in [-0.39, 0.29) is 47.2 Å². The smallest absolute Gasteiger partial charge is 0.337 e. The summed E-state index contributed by atoms with van der Waals surface area (Å²) >= 11 is 0. The Kier molecular flexibility index (Phi) is 7.02. The SMILES string of the molecule is COC(=O)c1cc(NC(=O)CN(C2CC2)C(C)c2ccccc2F)cc(C(=O)OC)c1. The fourth-order valence-electron chi connectivity index (χ4n) is 3.52. The summed E-state index contributed by atoms with van der Waals surface area (Å²) in [5.74, 6) is -1.94. The molecule has 0 radical (unpaired) electrons. The molecular formula is C23H25FN2O5. The molecule has 1 amide bonds. The number of rotatable bonds is 8. The first-order valence-corrected chi connectivity index (χ1v) is 9.95. The van der Waals surface area contributed by atoms with Crippen molar-refractivity contribution in [3.05, 3.63) is 65.0 Å². The number of halogens is 1. The van der Waals surface area contributed by atoms with E-state index in [1.807, 2.05) is 11.8 Å². The Hall–Kier alpha value is -3.26. The number of anilines is 1. The maximum absolute atomic E-state index is 14.3. The zero-order chi connectivity index (χ0) is 22.5. The Morgan fingerprint density at radius 2 is 1.65 bits per heavy atom. The summed E-state index contributed by atoms with van der Waals surface area (Å²) in [5.41, 5.74) is 1.02. The average Bonchev–Trinajstić information content (AvgIpc) is 3.61. The van der Waals surface area contributed by atoms with Crippen LogP contribution in [-0.4, -0.2) is 49.6 Å². The first-order valence-electron chi connectivity index (χ1n) is 9.95. The van der Waals surface area contributed by atoms with Crippen LogP contribution in [0.4, 0.5) is 10.1 Å². The van der Waals surface area contributed by atoms with E-state index in [0.717, 1.165) is 12.8 Å². The normalized spacial score (nSPS) is 14.1. The van der Waals surface area contributed by atoms with Crippen molar-refractivity contribution < 1.29 is 28.2 Å². The number of ether oxygens (including phenoxy) is 2. The van der Waals surface area contributed by atoms with Crippen LogP contribution in [-0.2, 0) is 14.3 Å². The van der Waals surface area contributed by atoms with Crippen LogP contribution in [0.5, 0.6) is 0 Å². The molecule has 3 rings (SSSR count). The number of hydrogen-bond donors (Lipinski definition) is 1. The van der Waals surface area contributed by atoms with Crippen LogP contribution in [0, 0.1) is 5.82 Å². The van der Waals surface area contributed by atoms with Gasteiger partial charge in [-0.1, -0.05) is 18.2 Å². The summed E-state index contributed by atoms with van der Waals surface area (Å²) in [5, 5.41) is 2.72. The van der Waals surface area contributed by atoms with Crippen molar-refractivity contribution in [1.29, 1.82) is 0 Å². The number of amides is 1. The minimum Gasteiger partial charge on any atom is -0.465 e. The maximum atomic E-state index is 14.3. The Morgan fingerprint density at radius 1 is 1.06 bits per heavy atom. The summed E-state index contributed by atoms with van der Waals surface area (Å²) in [4.78, 5) is 38.6. The van der Waals surface area contributed by atoms with Crippen LogP contribution in [0.25, 0.3) is 0 Å². The van der Waals surface area contributed by atoms with Crippen molar-refractivity contribution in [2.75, 3.05) is 26.1 Å². The van der Waals surface area contributed by atoms with Gasteiger partial charge in [-0.2, -0.15) is 0 Å². The summed E-state index contributed by atoms with van der Waals surface area (Å²) in [6, 6.07) is 10.6. The van der Waals surface area contributed by atoms with Crippen molar-refractivity contribution >= 4 is 23.5 Å². The van der Waals surface area contributed by atoms with Crippen molar-refractivity contribution in [3.8, 4) is 0 Å². The van der Waals surface area contributed by atoms with E-state index in [2.05, 4.69) is 5.32 Å². The highest BCUT2D eigenvalue weighted by Crippen LogP contribution is 2.34. The minimum atomic E-state index is -0.644. The zero-order valence-corrected chi connectivity index (χ0v) is 17.7. The van der Waals surface area contributed by atoms with Gasteiger partial charge in [0.1, 0.15) is 5.82 Å². The number of nitrogens with zero attached hydrogens (tertiary/aromatic N) is 1. The van der Waals surface area contributed by atoms with Gasteiger partial charge in [-0.25, -0.2) is 14.0 Å². The minimum absolute atomic E-state index is 0.0379. The van der Waals surface area contributed by atoms with Gasteiger partial charge >= 0.3 is 11.9 Å². The van der Waals surface area contributed by atoms with Gasteiger partial charge in [0.15, 0.2) is 0 Å². The topological polar surface area (TPSA) is 84.9 Å². The molecule has 164 valence electrons. The van der Waals surface area contributed by atoms with Gasteiger partial charge < -0.3 is 14.8 Å². The average molecular weight is 428 g/mol. The number of esters is 2. The lowest BCUT2D eigenvalue weighted by atomic mass is 10.1. The number of methoxy groups -OCH3 is 2. The molecule has 2 aromatic carbocycles. The second-order valence-corrected chi connectivity index (χ2v) is 7.43. The molecule has 0 saturated heterocycles. The van der Waals surface area contributed by atoms with Crippen LogP contribution in [0.15, 0.2) is 42.5 Å². The molecule has 8 heteroatoms. The summed E-state index contributed by atoms with van der Waals surface area (Å²) < 4.78 is 23.7. The molecule has 0 spiro atoms. The van der Waals surface area contributed by atoms with Gasteiger partial charge in [-0.3, -0.25) is 9.69 Å². The van der Waals surface area contributed by atoms with Crippen LogP contribution < -0.4 is 5.32 Å². The third-order valence-electron chi connectivity index (χ3n) is 5.25. The molecule has 1 unspecified atom stereocenters. The molecule has 0 aromatic heterocycles. The van der Waals surface area contributed by atoms with E-state index in [9.17, 15) is 18.8 Å². The fraction of sp³-hybridized carbons (Fsp3) is 0.348. The Balaban J connectivity index is 1.79. The molecule has 1 aliphatic carbocycles. The predicted octanol–water partition coefficient (Wildman–Crippen LogP) is 3.56. The molecule has 1 saturated carbocycles. The first kappa shape index (κ1) is 22.4. The molecule has 1 aliphatic rings. The van der Waals surface area contributed by atoms with Crippen LogP contribution in [0.1, 0.15) is 52.1 Å². The third-order valence-corrected chi connectivity index (χ3v) is 5.25. The number of benzene rings is 2. The Labute approximate surface area is 180 Å². The highest BCUT2D eigenvalue weighted by Gasteiger charge is 2.34. The van der Waals surface area contributed by atoms with Gasteiger partial charge in [0.25, 0.3) is 0 Å². The molecule has 0 aliphatic heterocycles. The molecule has 2 aromatic rings. The third kappa shape index (κ3) is 5.46. The molecule has 1 N–H and O–H groups in total. The Morgan fingerprint density at radius 3 is 2.16 bits per heavy atom. The molecular weight excluding hydrogens is 403 g/mol. The summed E-state index contributed by atoms with van der Waals surface area (Å²) in [6.45, 7) is 1.91. The van der Waals surface area contributed by atoms with Crippen LogP contribution in [0.2, 0.25) is 0 Å². The molecule has 0 bridgehead atoms. The van der Waals surface area contributed by atoms with Crippen molar-refractivity contribution in [3.63, 3.8) is 0 Å². The largest absolute Gasteiger partial charge is 0.465 e. The van der Waals surface area contributed by atoms with E-state index in [1.165, 1.54) is 38.5 Å². The van der Waals surface area contributed by atoms with Crippen molar-refractivity contribution in [1.82, 2.24) is 4.90 Å². The van der Waals surface area contributed by atoms with Crippen LogP contribution in [0.3, 0.4) is 0 Å². The number of carbonyl (C=O) groups is 3. The molecule has 1 fully saturated rings. The molecule has 7 nitrogen and oxygen atoms in total. The monoisotopic (exact) mass is 428 g/mol. The second kappa shape index (κ2) is 9.70. The lowest BCUT2D eigenvalue weighted by molar-refractivity contribution is -0.118. The van der Waals surface area contributed by atoms with E-state index in [0.29, 0.717) is 5.56 Å². The molecule has 1 atom stereocenters. The van der Waals surface area contributed by atoms with Crippen molar-refractivity contribution in [2.45, 2.75) is 31.8 Å². The zero-order valence-electron chi connectivity index (χ0n) is 17.7. The number of nitrogens with one attached hydrogen (secondary N) is 1. The standard InChI is InChI=1S/C23H25FN2O5/c1-14(19-6-4-5-7-20(19)24)26(18-8-9-18)13-21(27)25-17-11-15(22(28)30-2)10-16(12-17)23(29)31-3/h4-7,10-12,14,18H,8-9,13H2,1-3H3,(H,25,27). The highest BCUT2D eigenvalue weighted by molar-refractivity contribution is 5.99. The molecule has 31 heavy (non-hydrogen) atoms. The second-order valence-electron chi connectivity index (χ2n) is 7.43. The van der Waals surface area contributed by atoms with Gasteiger partial charge in [0.2, 0.25) is 5.91 Å². The summed E-state index contributed by atoms with van der Waals surface area (Å²) in [7, 11) is 2.45. The first-order chi connectivity index (χ1) is 14.8. The number of hydrogen-bond acceptors (Lipinski definition) is 6. The van der Waals surface area contributed by atoms with Gasteiger partial charge in [-0.15, -0.1) is 0 Å².